The van der Waals surface area contributed by atoms with Crippen molar-refractivity contribution in [2.75, 3.05) is 13.1 Å². The van der Waals surface area contributed by atoms with E-state index in [1.54, 1.807) is 4.90 Å². The van der Waals surface area contributed by atoms with Crippen LogP contribution in [0.4, 0.5) is 0 Å². The van der Waals surface area contributed by atoms with Gasteiger partial charge in [0.25, 0.3) is 5.91 Å². The number of rotatable bonds is 1. The molecule has 1 amide bonds. The minimum absolute atomic E-state index is 0.222. The molecule has 3 heteroatoms. The van der Waals surface area contributed by atoms with E-state index in [2.05, 4.69) is 0 Å². The molecule has 0 radical (unpaired) electrons. The van der Waals surface area contributed by atoms with Crippen molar-refractivity contribution >= 4 is 11.8 Å². The molecular weight excluding hydrogens is 106 g/mol. The summed E-state index contributed by atoms with van der Waals surface area (Å²) in [5, 5.41) is 0. The quantitative estimate of drug-likeness (QED) is 0.253. The molecule has 0 aromatic carbocycles. The van der Waals surface area contributed by atoms with Crippen LogP contribution < -0.4 is 0 Å². The van der Waals surface area contributed by atoms with Crippen LogP contribution >= 0.6 is 0 Å². The second kappa shape index (κ2) is 1.80. The molecule has 42 valence electrons. The third-order valence-corrected chi connectivity index (χ3v) is 0.941. The molecule has 8 heavy (non-hydrogen) atoms. The molecule has 1 saturated heterocycles. The highest BCUT2D eigenvalue weighted by Crippen LogP contribution is 2.02. The van der Waals surface area contributed by atoms with Crippen LogP contribution in [0, 0.1) is 0 Å². The van der Waals surface area contributed by atoms with Gasteiger partial charge in [0.15, 0.2) is 0 Å². The first kappa shape index (κ1) is 5.06. The standard InChI is InChI=1S/C5H5NO2/c7-4-1-5(8)6-2-3-6/h1H,2-3H2. The number of amides is 1. The van der Waals surface area contributed by atoms with Gasteiger partial charge in [-0.1, -0.05) is 0 Å². The molecule has 3 nitrogen and oxygen atoms in total. The Balaban J connectivity index is 2.44. The number of nitrogens with zero attached hydrogens (tertiary/aromatic N) is 1. The minimum atomic E-state index is -0.222. The molecule has 0 spiro atoms. The highest BCUT2D eigenvalue weighted by molar-refractivity contribution is 5.95. The third-order valence-electron chi connectivity index (χ3n) is 0.941. The Morgan fingerprint density at radius 2 is 2.25 bits per heavy atom. The fourth-order valence-electron chi connectivity index (χ4n) is 0.412. The van der Waals surface area contributed by atoms with Crippen molar-refractivity contribution in [2.45, 2.75) is 0 Å². The SMILES string of the molecule is O=C=CC(=O)N1CC1. The Labute approximate surface area is 46.6 Å². The van der Waals surface area contributed by atoms with Gasteiger partial charge in [-0.3, -0.25) is 4.79 Å². The van der Waals surface area contributed by atoms with Crippen LogP contribution in [0.5, 0.6) is 0 Å². The molecule has 0 aromatic heterocycles. The van der Waals surface area contributed by atoms with Crippen LogP contribution in [0.1, 0.15) is 0 Å². The highest BCUT2D eigenvalue weighted by atomic mass is 16.2. The molecule has 0 N–H and O–H groups in total. The van der Waals surface area contributed by atoms with Crippen LogP contribution in [-0.4, -0.2) is 29.8 Å². The molecule has 1 rings (SSSR count). The van der Waals surface area contributed by atoms with Crippen LogP contribution in [0.15, 0.2) is 6.08 Å². The van der Waals surface area contributed by atoms with Crippen molar-refractivity contribution in [3.63, 3.8) is 0 Å². The zero-order valence-corrected chi connectivity index (χ0v) is 4.26. The molecule has 1 aliphatic rings. The van der Waals surface area contributed by atoms with Crippen molar-refractivity contribution in [3.05, 3.63) is 6.08 Å². The fourth-order valence-corrected chi connectivity index (χ4v) is 0.412. The average Bonchev–Trinajstić information content (AvgIpc) is 2.45. The van der Waals surface area contributed by atoms with Crippen molar-refractivity contribution < 1.29 is 9.59 Å². The fraction of sp³-hybridized carbons (Fsp3) is 0.400. The van der Waals surface area contributed by atoms with Gasteiger partial charge >= 0.3 is 0 Å². The smallest absolute Gasteiger partial charge is 0.257 e. The normalized spacial score (nSPS) is 14.8. The van der Waals surface area contributed by atoms with Crippen LogP contribution in [0.2, 0.25) is 0 Å². The van der Waals surface area contributed by atoms with Gasteiger partial charge in [0, 0.05) is 13.1 Å². The molecule has 0 aromatic rings. The Kier molecular flexibility index (Phi) is 1.14. The monoisotopic (exact) mass is 111 g/mol. The summed E-state index contributed by atoms with van der Waals surface area (Å²) in [5.41, 5.74) is 0. The Morgan fingerprint density at radius 1 is 1.62 bits per heavy atom. The van der Waals surface area contributed by atoms with E-state index in [1.165, 1.54) is 5.94 Å². The summed E-state index contributed by atoms with van der Waals surface area (Å²) in [6, 6.07) is 0. The second-order valence-electron chi connectivity index (χ2n) is 1.59. The first-order valence-corrected chi connectivity index (χ1v) is 2.34. The molecule has 1 heterocycles. The van der Waals surface area contributed by atoms with E-state index < -0.39 is 0 Å². The van der Waals surface area contributed by atoms with E-state index in [9.17, 15) is 9.59 Å². The largest absolute Gasteiger partial charge is 0.335 e. The van der Waals surface area contributed by atoms with E-state index in [-0.39, 0.29) is 5.91 Å². The predicted octanol–water partition coefficient (Wildman–Crippen LogP) is -0.784. The number of hydrogen-bond acceptors (Lipinski definition) is 2. The second-order valence-corrected chi connectivity index (χ2v) is 1.59. The van der Waals surface area contributed by atoms with Crippen LogP contribution in [0.3, 0.4) is 0 Å². The highest BCUT2D eigenvalue weighted by Gasteiger charge is 2.21. The molecule has 0 unspecified atom stereocenters. The topological polar surface area (TPSA) is 37.1 Å². The summed E-state index contributed by atoms with van der Waals surface area (Å²) in [5.74, 6) is 1.20. The maximum atomic E-state index is 10.4. The minimum Gasteiger partial charge on any atom is -0.335 e. The number of carbonyl (C=O) groups is 1. The van der Waals surface area contributed by atoms with Gasteiger partial charge in [-0.05, 0) is 0 Å². The maximum Gasteiger partial charge on any atom is 0.257 e. The van der Waals surface area contributed by atoms with Gasteiger partial charge in [-0.15, -0.1) is 0 Å². The van der Waals surface area contributed by atoms with E-state index in [0.29, 0.717) is 0 Å². The molecular formula is C5H5NO2. The average molecular weight is 111 g/mol. The van der Waals surface area contributed by atoms with Gasteiger partial charge in [-0.25, -0.2) is 4.79 Å². The van der Waals surface area contributed by atoms with Gasteiger partial charge in [-0.2, -0.15) is 0 Å². The summed E-state index contributed by atoms with van der Waals surface area (Å²) < 4.78 is 0. The van der Waals surface area contributed by atoms with Crippen molar-refractivity contribution in [2.24, 2.45) is 0 Å². The number of carbonyl (C=O) groups excluding carboxylic acids is 2. The Hall–Kier alpha value is -1.08. The van der Waals surface area contributed by atoms with E-state index in [4.69, 9.17) is 0 Å². The van der Waals surface area contributed by atoms with Crippen LogP contribution in [-0.2, 0) is 9.59 Å². The van der Waals surface area contributed by atoms with Gasteiger partial charge in [0.1, 0.15) is 5.94 Å². The van der Waals surface area contributed by atoms with E-state index in [1.807, 2.05) is 0 Å². The van der Waals surface area contributed by atoms with Crippen molar-refractivity contribution in [3.8, 4) is 0 Å². The Morgan fingerprint density at radius 3 is 2.62 bits per heavy atom. The van der Waals surface area contributed by atoms with E-state index in [0.717, 1.165) is 19.2 Å². The predicted molar refractivity (Wildman–Crippen MR) is 26.8 cm³/mol. The Bertz CT molecular complexity index is 154. The lowest BCUT2D eigenvalue weighted by Crippen LogP contribution is -2.05. The zero-order chi connectivity index (χ0) is 5.98. The molecule has 0 bridgehead atoms. The third kappa shape index (κ3) is 0.950. The van der Waals surface area contributed by atoms with Crippen molar-refractivity contribution in [1.29, 1.82) is 0 Å². The summed E-state index contributed by atoms with van der Waals surface area (Å²) in [7, 11) is 0. The lowest BCUT2D eigenvalue weighted by Gasteiger charge is -1.86. The van der Waals surface area contributed by atoms with Gasteiger partial charge in [0.2, 0.25) is 0 Å². The summed E-state index contributed by atoms with van der Waals surface area (Å²) in [6.07, 6.45) is 0.910. The van der Waals surface area contributed by atoms with Crippen LogP contribution in [0.25, 0.3) is 0 Å². The molecule has 1 aliphatic heterocycles. The summed E-state index contributed by atoms with van der Waals surface area (Å²) >= 11 is 0. The molecule has 1 fully saturated rings. The zero-order valence-electron chi connectivity index (χ0n) is 4.26. The molecule has 0 aliphatic carbocycles. The first-order valence-electron chi connectivity index (χ1n) is 2.34. The molecule has 0 saturated carbocycles. The first-order chi connectivity index (χ1) is 3.84. The summed E-state index contributed by atoms with van der Waals surface area (Å²) in [4.78, 5) is 21.5. The lowest BCUT2D eigenvalue weighted by atomic mass is 10.6. The number of hydrogen-bond donors (Lipinski definition) is 0. The lowest BCUT2D eigenvalue weighted by molar-refractivity contribution is -0.120. The van der Waals surface area contributed by atoms with Gasteiger partial charge < -0.3 is 4.90 Å². The van der Waals surface area contributed by atoms with E-state index >= 15 is 0 Å². The van der Waals surface area contributed by atoms with Crippen molar-refractivity contribution in [1.82, 2.24) is 4.90 Å². The molecule has 0 atom stereocenters. The van der Waals surface area contributed by atoms with Gasteiger partial charge in [0.05, 0.1) is 6.08 Å². The summed E-state index contributed by atoms with van der Waals surface area (Å²) in [6.45, 7) is 1.58. The maximum absolute atomic E-state index is 10.4.